The van der Waals surface area contributed by atoms with Gasteiger partial charge in [0.1, 0.15) is 35.2 Å². The molecular formula is C51H78N16O15. The van der Waals surface area contributed by atoms with E-state index in [1.54, 1.807) is 20.8 Å². The number of nitrogens with one attached hydrogen (secondary N) is 9. The normalized spacial score (nSPS) is 12.1. The van der Waals surface area contributed by atoms with Crippen LogP contribution in [0.5, 0.6) is 0 Å². The van der Waals surface area contributed by atoms with Crippen molar-refractivity contribution in [3.05, 3.63) is 82.3 Å². The SMILES string of the molecule is Cc1nc(CCC(=O)NC(C)C(=O)NCCC(=O)NCCN(CCNC(=O)CCNC(=O)C(C)NC(=O)CCc2nc(C)c(C)n(O)c2=O)CCNC(=O)CCNC(=O)C(C)NC(=O)CCc2nc(C)c(C)n(O)c2=O)c(=O)n(O)c1C. The third kappa shape index (κ3) is 22.0. The van der Waals surface area contributed by atoms with Crippen molar-refractivity contribution >= 4 is 53.2 Å². The Balaban J connectivity index is 1.44. The molecule has 0 saturated carbocycles. The summed E-state index contributed by atoms with van der Waals surface area (Å²) in [7, 11) is 0. The van der Waals surface area contributed by atoms with Crippen LogP contribution in [-0.2, 0) is 62.4 Å². The highest BCUT2D eigenvalue weighted by atomic mass is 16.5. The molecule has 82 heavy (non-hydrogen) atoms. The van der Waals surface area contributed by atoms with Crippen molar-refractivity contribution in [2.45, 2.75) is 138 Å². The van der Waals surface area contributed by atoms with Crippen molar-refractivity contribution in [1.29, 1.82) is 0 Å². The fraction of sp³-hybridized carbons (Fsp3) is 0.588. The Morgan fingerprint density at radius 3 is 0.878 bits per heavy atom. The third-order valence-corrected chi connectivity index (χ3v) is 13.0. The van der Waals surface area contributed by atoms with Gasteiger partial charge in [0.05, 0.1) is 34.2 Å². The summed E-state index contributed by atoms with van der Waals surface area (Å²) in [6, 6.07) is -2.94. The average molecular weight is 1160 g/mol. The molecule has 3 atom stereocenters. The van der Waals surface area contributed by atoms with Crippen LogP contribution in [-0.4, -0.2) is 180 Å². The summed E-state index contributed by atoms with van der Waals surface area (Å²) in [5, 5.41) is 53.4. The number of aromatic nitrogens is 6. The Bertz CT molecular complexity index is 2680. The van der Waals surface area contributed by atoms with Crippen LogP contribution in [0.1, 0.15) is 111 Å². The van der Waals surface area contributed by atoms with Gasteiger partial charge in [-0.1, -0.05) is 0 Å². The molecule has 452 valence electrons. The van der Waals surface area contributed by atoms with Gasteiger partial charge < -0.3 is 63.5 Å². The minimum absolute atomic E-state index is 0.0110. The smallest absolute Gasteiger partial charge is 0.304 e. The molecule has 0 aliphatic rings. The fourth-order valence-electron chi connectivity index (χ4n) is 7.62. The van der Waals surface area contributed by atoms with E-state index < -0.39 is 88.0 Å². The summed E-state index contributed by atoms with van der Waals surface area (Å²) in [6.45, 7) is 14.6. The van der Waals surface area contributed by atoms with Crippen LogP contribution in [0.15, 0.2) is 14.4 Å². The molecule has 3 heterocycles. The van der Waals surface area contributed by atoms with Crippen LogP contribution in [0.2, 0.25) is 0 Å². The van der Waals surface area contributed by atoms with E-state index in [1.165, 1.54) is 41.5 Å². The van der Waals surface area contributed by atoms with Gasteiger partial charge in [-0.25, -0.2) is 0 Å². The monoisotopic (exact) mass is 1150 g/mol. The molecule has 9 amide bonds. The van der Waals surface area contributed by atoms with E-state index in [2.05, 4.69) is 62.8 Å². The number of rotatable bonds is 33. The largest absolute Gasteiger partial charge is 0.425 e. The van der Waals surface area contributed by atoms with E-state index in [4.69, 9.17) is 0 Å². The second-order valence-corrected chi connectivity index (χ2v) is 19.4. The molecule has 31 heteroatoms. The van der Waals surface area contributed by atoms with E-state index in [-0.39, 0.29) is 151 Å². The molecule has 0 radical (unpaired) electrons. The number of nitrogens with zero attached hydrogens (tertiary/aromatic N) is 7. The Morgan fingerprint density at radius 1 is 0.390 bits per heavy atom. The van der Waals surface area contributed by atoms with Crippen molar-refractivity contribution in [1.82, 2.24) is 81.9 Å². The first-order valence-electron chi connectivity index (χ1n) is 26.7. The van der Waals surface area contributed by atoms with Crippen molar-refractivity contribution in [3.63, 3.8) is 0 Å². The molecule has 3 rings (SSSR count). The Hall–Kier alpha value is -8.77. The van der Waals surface area contributed by atoms with Gasteiger partial charge in [-0.05, 0) is 62.3 Å². The van der Waals surface area contributed by atoms with Crippen molar-refractivity contribution in [3.8, 4) is 0 Å². The highest BCUT2D eigenvalue weighted by molar-refractivity contribution is 5.89. The van der Waals surface area contributed by atoms with Crippen LogP contribution in [0.4, 0.5) is 0 Å². The number of hydrogen-bond donors (Lipinski definition) is 12. The number of hydrogen-bond acceptors (Lipinski definition) is 19. The molecule has 3 unspecified atom stereocenters. The zero-order chi connectivity index (χ0) is 61.4. The molecular weight excluding hydrogens is 1080 g/mol. The quantitative estimate of drug-likeness (QED) is 0.0257. The highest BCUT2D eigenvalue weighted by Gasteiger charge is 2.22. The number of amides is 9. The molecule has 0 aromatic carbocycles. The lowest BCUT2D eigenvalue weighted by molar-refractivity contribution is -0.128. The van der Waals surface area contributed by atoms with Crippen LogP contribution in [0.25, 0.3) is 0 Å². The molecule has 0 aliphatic carbocycles. The molecule has 0 saturated heterocycles. The standard InChI is InChI=1S/C51H78N16O15/c1-28-34(7)65(80)49(77)37(58-28)10-13-43(71)61-31(4)46(74)55-19-16-40(68)52-22-25-64(26-23-53-41(69)17-20-56-47(75)32(5)62-44(72)14-11-38-50(78)66(81)35(8)29(2)59-38)27-24-54-42(70)18-21-57-48(76)33(6)63-45(73)15-12-39-51(79)67(82)36(9)30(3)60-39/h31-33,80-82H,10-27H2,1-9H3,(H,52,68)(H,53,69)(H,54,70)(H,55,74)(H,56,75)(H,57,76)(H,61,71)(H,62,72)(H,63,73). The molecule has 0 fully saturated rings. The molecule has 0 bridgehead atoms. The first kappa shape index (κ1) is 67.5. The van der Waals surface area contributed by atoms with Gasteiger partial charge in [0.15, 0.2) is 0 Å². The second kappa shape index (κ2) is 33.1. The lowest BCUT2D eigenvalue weighted by Crippen LogP contribution is -2.46. The average Bonchev–Trinajstić information content (AvgIpc) is 3.52. The fourth-order valence-corrected chi connectivity index (χ4v) is 7.62. The Kier molecular flexibility index (Phi) is 27.2. The van der Waals surface area contributed by atoms with Gasteiger partial charge >= 0.3 is 16.7 Å². The molecule has 0 aliphatic heterocycles. The lowest BCUT2D eigenvalue weighted by atomic mass is 10.2. The number of carbonyl (C=O) groups excluding carboxylic acids is 9. The Morgan fingerprint density at radius 2 is 0.634 bits per heavy atom. The maximum atomic E-state index is 12.8. The summed E-state index contributed by atoms with van der Waals surface area (Å²) in [5.74, 6) is -4.57. The lowest BCUT2D eigenvalue weighted by Gasteiger charge is -2.23. The zero-order valence-electron chi connectivity index (χ0n) is 47.8. The summed E-state index contributed by atoms with van der Waals surface area (Å²) in [4.78, 5) is 165. The van der Waals surface area contributed by atoms with E-state index >= 15 is 0 Å². The van der Waals surface area contributed by atoms with Gasteiger partial charge in [0.25, 0.3) is 0 Å². The maximum absolute atomic E-state index is 12.8. The first-order valence-corrected chi connectivity index (χ1v) is 26.7. The summed E-state index contributed by atoms with van der Waals surface area (Å²) >= 11 is 0. The van der Waals surface area contributed by atoms with E-state index in [0.717, 1.165) is 0 Å². The van der Waals surface area contributed by atoms with Crippen LogP contribution >= 0.6 is 0 Å². The summed E-state index contributed by atoms with van der Waals surface area (Å²) in [5.41, 5.74) is -0.222. The summed E-state index contributed by atoms with van der Waals surface area (Å²) in [6.07, 6.45) is -1.12. The molecule has 31 nitrogen and oxygen atoms in total. The van der Waals surface area contributed by atoms with Crippen molar-refractivity contribution in [2.75, 3.05) is 58.9 Å². The van der Waals surface area contributed by atoms with Gasteiger partial charge in [-0.3, -0.25) is 77.4 Å². The van der Waals surface area contributed by atoms with Crippen molar-refractivity contribution < 1.29 is 58.8 Å². The van der Waals surface area contributed by atoms with Gasteiger partial charge in [-0.15, -0.1) is 14.2 Å². The predicted molar refractivity (Wildman–Crippen MR) is 292 cm³/mol. The molecule has 12 N–H and O–H groups in total. The van der Waals surface area contributed by atoms with E-state index in [9.17, 15) is 73.2 Å². The van der Waals surface area contributed by atoms with Crippen molar-refractivity contribution in [2.24, 2.45) is 0 Å². The minimum atomic E-state index is -0.981. The predicted octanol–water partition coefficient (Wildman–Crippen LogP) is -4.20. The second-order valence-electron chi connectivity index (χ2n) is 19.4. The van der Waals surface area contributed by atoms with Crippen LogP contribution < -0.4 is 64.5 Å². The van der Waals surface area contributed by atoms with Crippen LogP contribution in [0, 0.1) is 41.5 Å². The van der Waals surface area contributed by atoms with E-state index in [0.29, 0.717) is 31.3 Å². The summed E-state index contributed by atoms with van der Waals surface area (Å²) < 4.78 is 1.40. The highest BCUT2D eigenvalue weighted by Crippen LogP contribution is 2.06. The van der Waals surface area contributed by atoms with E-state index in [1.807, 2.05) is 4.90 Å². The van der Waals surface area contributed by atoms with Gasteiger partial charge in [0, 0.05) is 117 Å². The maximum Gasteiger partial charge on any atom is 0.304 e. The minimum Gasteiger partial charge on any atom is -0.425 e. The zero-order valence-corrected chi connectivity index (χ0v) is 47.8. The number of carbonyl (C=O) groups is 9. The molecule has 3 aromatic rings. The first-order chi connectivity index (χ1) is 38.6. The topological polar surface area (TPSA) is 430 Å². The Labute approximate surface area is 472 Å². The molecule has 3 aromatic heterocycles. The third-order valence-electron chi connectivity index (χ3n) is 13.0. The molecule has 0 spiro atoms. The van der Waals surface area contributed by atoms with Crippen LogP contribution in [0.3, 0.4) is 0 Å². The van der Waals surface area contributed by atoms with Gasteiger partial charge in [0.2, 0.25) is 53.2 Å². The number of aryl methyl sites for hydroxylation is 6. The van der Waals surface area contributed by atoms with Gasteiger partial charge in [-0.2, -0.15) is 0 Å².